The third-order valence-electron chi connectivity index (χ3n) is 7.53. The largest absolute Gasteiger partial charge is 0.481 e. The van der Waals surface area contributed by atoms with E-state index in [0.29, 0.717) is 23.4 Å². The quantitative estimate of drug-likeness (QED) is 0.255. The molecule has 0 radical (unpaired) electrons. The van der Waals surface area contributed by atoms with Crippen molar-refractivity contribution in [3.63, 3.8) is 0 Å². The van der Waals surface area contributed by atoms with Crippen LogP contribution in [0.15, 0.2) is 65.8 Å². The van der Waals surface area contributed by atoms with Gasteiger partial charge in [0.05, 0.1) is 32.1 Å². The molecule has 2 heterocycles. The molecule has 2 aliphatic rings. The van der Waals surface area contributed by atoms with Crippen molar-refractivity contribution in [2.24, 2.45) is 11.1 Å². The highest BCUT2D eigenvalue weighted by atomic mass is 16.5. The van der Waals surface area contributed by atoms with Gasteiger partial charge >= 0.3 is 0 Å². The summed E-state index contributed by atoms with van der Waals surface area (Å²) in [6, 6.07) is 18.6. The third kappa shape index (κ3) is 3.57. The zero-order valence-electron chi connectivity index (χ0n) is 21.2. The van der Waals surface area contributed by atoms with E-state index in [0.717, 1.165) is 5.56 Å². The predicted octanol–water partition coefficient (Wildman–Crippen LogP) is 2.72. The Morgan fingerprint density at radius 1 is 1.08 bits per heavy atom. The first-order valence-corrected chi connectivity index (χ1v) is 12.0. The van der Waals surface area contributed by atoms with E-state index in [9.17, 15) is 10.2 Å². The summed E-state index contributed by atoms with van der Waals surface area (Å²) in [7, 11) is 6.82. The number of methoxy groups -OCH3 is 2. The van der Waals surface area contributed by atoms with Gasteiger partial charge in [-0.15, -0.1) is 0 Å². The van der Waals surface area contributed by atoms with E-state index in [-0.39, 0.29) is 17.3 Å². The zero-order valence-corrected chi connectivity index (χ0v) is 21.2. The molecular formula is C28H31N3O6. The highest BCUT2D eigenvalue weighted by Crippen LogP contribution is 2.69. The minimum Gasteiger partial charge on any atom is -0.481 e. The van der Waals surface area contributed by atoms with Crippen LogP contribution >= 0.6 is 0 Å². The molecule has 0 amide bonds. The molecule has 3 N–H and O–H groups in total. The van der Waals surface area contributed by atoms with Crippen molar-refractivity contribution in [2.75, 3.05) is 34.9 Å². The molecule has 3 aromatic rings. The third-order valence-corrected chi connectivity index (χ3v) is 7.53. The molecule has 9 nitrogen and oxygen atoms in total. The zero-order chi connectivity index (χ0) is 26.4. The van der Waals surface area contributed by atoms with Gasteiger partial charge in [-0.1, -0.05) is 59.8 Å². The van der Waals surface area contributed by atoms with Gasteiger partial charge in [-0.2, -0.15) is 4.98 Å². The molecule has 194 valence electrons. The van der Waals surface area contributed by atoms with E-state index >= 15 is 0 Å². The van der Waals surface area contributed by atoms with Crippen molar-refractivity contribution >= 4 is 6.21 Å². The maximum absolute atomic E-state index is 12.8. The van der Waals surface area contributed by atoms with Gasteiger partial charge in [0.2, 0.25) is 11.8 Å². The van der Waals surface area contributed by atoms with Gasteiger partial charge in [0.1, 0.15) is 5.75 Å². The Kier molecular flexibility index (Phi) is 6.31. The topological polar surface area (TPSA) is 117 Å². The van der Waals surface area contributed by atoms with Gasteiger partial charge in [0.25, 0.3) is 0 Å². The number of nitrogens with zero attached hydrogens (tertiary/aromatic N) is 3. The first kappa shape index (κ1) is 25.0. The second-order valence-corrected chi connectivity index (χ2v) is 9.78. The first-order valence-electron chi connectivity index (χ1n) is 12.0. The molecule has 1 aromatic heterocycles. The number of aliphatic hydroxyl groups excluding tert-OH is 1. The lowest BCUT2D eigenvalue weighted by Crippen LogP contribution is -2.52. The second-order valence-electron chi connectivity index (χ2n) is 9.78. The summed E-state index contributed by atoms with van der Waals surface area (Å²) in [4.78, 5) is 6.41. The Morgan fingerprint density at radius 2 is 1.78 bits per heavy atom. The first-order chi connectivity index (χ1) is 17.8. The smallest absolute Gasteiger partial charge is 0.226 e. The van der Waals surface area contributed by atoms with Crippen LogP contribution in [0.3, 0.4) is 0 Å². The molecule has 1 aliphatic heterocycles. The fourth-order valence-electron chi connectivity index (χ4n) is 6.17. The maximum atomic E-state index is 12.8. The van der Waals surface area contributed by atoms with Gasteiger partial charge < -0.3 is 34.5 Å². The standard InChI is InChI=1S/C28H31N3O6/c1-31(2)16-20-23(18-8-6-5-7-9-18)28(19-12-10-17(11-13-19)15-29-34)27(33,25(20)32)24-21(37-28)14-22(35-3)30-26(24)36-4/h5-15,20,23,25,32-34H,16H2,1-4H3/b29-15+/t20-,23-,25-,27+,28+/m1/s1. The molecule has 5 rings (SSSR count). The van der Waals surface area contributed by atoms with Crippen LogP contribution in [0, 0.1) is 5.92 Å². The fraction of sp³-hybridized carbons (Fsp3) is 0.357. The number of oxime groups is 1. The lowest BCUT2D eigenvalue weighted by atomic mass is 9.70. The Balaban J connectivity index is 1.85. The molecule has 37 heavy (non-hydrogen) atoms. The molecule has 0 bridgehead atoms. The Morgan fingerprint density at radius 3 is 2.38 bits per heavy atom. The lowest BCUT2D eigenvalue weighted by Gasteiger charge is -2.41. The Labute approximate surface area is 215 Å². The summed E-state index contributed by atoms with van der Waals surface area (Å²) in [5, 5.41) is 36.9. The molecule has 1 saturated carbocycles. The maximum Gasteiger partial charge on any atom is 0.226 e. The molecular weight excluding hydrogens is 474 g/mol. The van der Waals surface area contributed by atoms with Crippen molar-refractivity contribution in [2.45, 2.75) is 23.2 Å². The van der Waals surface area contributed by atoms with Crippen LogP contribution < -0.4 is 14.2 Å². The minimum atomic E-state index is -1.92. The number of hydrogen-bond donors (Lipinski definition) is 3. The van der Waals surface area contributed by atoms with Crippen LogP contribution in [0.25, 0.3) is 0 Å². The number of pyridine rings is 1. The van der Waals surface area contributed by atoms with Crippen molar-refractivity contribution in [1.29, 1.82) is 0 Å². The second kappa shape index (κ2) is 9.33. The van der Waals surface area contributed by atoms with Crippen molar-refractivity contribution in [3.05, 3.63) is 82.9 Å². The molecule has 2 aromatic carbocycles. The van der Waals surface area contributed by atoms with Crippen LogP contribution in [-0.4, -0.2) is 72.5 Å². The highest BCUT2D eigenvalue weighted by molar-refractivity contribution is 5.79. The SMILES string of the molecule is COc1cc2c(c(OC)n1)[C@]1(O)[C@H](O)[C@H](CN(C)C)[C@@H](c3ccccc3)[C@]1(c1ccc(/C=N/O)cc1)O2. The number of ether oxygens (including phenoxy) is 3. The van der Waals surface area contributed by atoms with Crippen LogP contribution in [0.1, 0.15) is 28.2 Å². The summed E-state index contributed by atoms with van der Waals surface area (Å²) < 4.78 is 17.8. The summed E-state index contributed by atoms with van der Waals surface area (Å²) in [6.07, 6.45) is 0.0899. The van der Waals surface area contributed by atoms with Crippen molar-refractivity contribution in [1.82, 2.24) is 9.88 Å². The summed E-state index contributed by atoms with van der Waals surface area (Å²) in [5.74, 6) is -0.161. The number of hydrogen-bond acceptors (Lipinski definition) is 9. The molecule has 1 fully saturated rings. The summed E-state index contributed by atoms with van der Waals surface area (Å²) in [5.41, 5.74) is -0.838. The van der Waals surface area contributed by atoms with E-state index in [1.807, 2.05) is 61.5 Å². The van der Waals surface area contributed by atoms with Gasteiger partial charge in [-0.3, -0.25) is 0 Å². The number of benzene rings is 2. The average molecular weight is 506 g/mol. The van der Waals surface area contributed by atoms with Crippen LogP contribution in [0.2, 0.25) is 0 Å². The molecule has 0 saturated heterocycles. The van der Waals surface area contributed by atoms with Gasteiger partial charge in [0.15, 0.2) is 11.2 Å². The molecule has 0 spiro atoms. The van der Waals surface area contributed by atoms with Crippen LogP contribution in [0.4, 0.5) is 0 Å². The normalized spacial score (nSPS) is 28.2. The van der Waals surface area contributed by atoms with Crippen LogP contribution in [0.5, 0.6) is 17.5 Å². The molecule has 5 atom stereocenters. The summed E-state index contributed by atoms with van der Waals surface area (Å²) in [6.45, 7) is 0.491. The number of aromatic nitrogens is 1. The Bertz CT molecular complexity index is 1300. The van der Waals surface area contributed by atoms with Gasteiger partial charge in [0, 0.05) is 24.4 Å². The monoisotopic (exact) mass is 505 g/mol. The molecule has 0 unspecified atom stereocenters. The molecule has 1 aliphatic carbocycles. The minimum absolute atomic E-state index is 0.124. The molecule has 9 heteroatoms. The van der Waals surface area contributed by atoms with Crippen LogP contribution in [-0.2, 0) is 11.2 Å². The fourth-order valence-corrected chi connectivity index (χ4v) is 6.17. The van der Waals surface area contributed by atoms with E-state index < -0.39 is 29.1 Å². The summed E-state index contributed by atoms with van der Waals surface area (Å²) >= 11 is 0. The Hall–Kier alpha value is -3.66. The van der Waals surface area contributed by atoms with Gasteiger partial charge in [-0.05, 0) is 30.8 Å². The van der Waals surface area contributed by atoms with E-state index in [1.54, 1.807) is 18.2 Å². The van der Waals surface area contributed by atoms with E-state index in [1.165, 1.54) is 20.4 Å². The number of aliphatic hydroxyl groups is 2. The van der Waals surface area contributed by atoms with Gasteiger partial charge in [-0.25, -0.2) is 0 Å². The average Bonchev–Trinajstić information content (AvgIpc) is 3.27. The highest BCUT2D eigenvalue weighted by Gasteiger charge is 2.77. The van der Waals surface area contributed by atoms with E-state index in [2.05, 4.69) is 10.1 Å². The predicted molar refractivity (Wildman–Crippen MR) is 137 cm³/mol. The van der Waals surface area contributed by atoms with Crippen molar-refractivity contribution in [3.8, 4) is 17.5 Å². The number of rotatable bonds is 7. The van der Waals surface area contributed by atoms with Crippen molar-refractivity contribution < 1.29 is 29.6 Å². The van der Waals surface area contributed by atoms with E-state index in [4.69, 9.17) is 19.4 Å². The number of fused-ring (bicyclic) bond motifs is 3. The lowest BCUT2D eigenvalue weighted by molar-refractivity contribution is -0.152.